The number of hydrogen-bond acceptors (Lipinski definition) is 6. The molecule has 27 heavy (non-hydrogen) atoms. The number of thioether (sulfide) groups is 1. The van der Waals surface area contributed by atoms with Crippen molar-refractivity contribution in [2.24, 2.45) is 4.99 Å². The highest BCUT2D eigenvalue weighted by Crippen LogP contribution is 2.48. The van der Waals surface area contributed by atoms with E-state index in [9.17, 15) is 0 Å². The summed E-state index contributed by atoms with van der Waals surface area (Å²) >= 11 is 1.86. The molecule has 2 aliphatic heterocycles. The molecule has 3 aromatic heterocycles. The van der Waals surface area contributed by atoms with Gasteiger partial charge in [0.25, 0.3) is 0 Å². The summed E-state index contributed by atoms with van der Waals surface area (Å²) in [7, 11) is 0. The molecule has 0 radical (unpaired) electrons. The number of aryl methyl sites for hydroxylation is 1. The van der Waals surface area contributed by atoms with Crippen LogP contribution in [0.25, 0.3) is 0 Å². The van der Waals surface area contributed by atoms with Crippen molar-refractivity contribution in [3.63, 3.8) is 0 Å². The minimum Gasteiger partial charge on any atom is -0.341 e. The van der Waals surface area contributed by atoms with E-state index in [2.05, 4.69) is 57.7 Å². The van der Waals surface area contributed by atoms with Gasteiger partial charge in [-0.3, -0.25) is 14.7 Å². The highest BCUT2D eigenvalue weighted by molar-refractivity contribution is 8.14. The van der Waals surface area contributed by atoms with Crippen LogP contribution in [0.1, 0.15) is 41.7 Å². The van der Waals surface area contributed by atoms with Crippen molar-refractivity contribution in [2.75, 3.05) is 6.54 Å². The molecule has 0 amide bonds. The molecule has 0 aromatic carbocycles. The first kappa shape index (κ1) is 16.6. The van der Waals surface area contributed by atoms with Gasteiger partial charge in [-0.05, 0) is 32.0 Å². The molecular weight excluding hydrogens is 358 g/mol. The minimum atomic E-state index is 0.0102. The standard InChI is InChI=1S/C19H21N7S/c1-12-8-15(14(3)26(12)24-10-21-22-11-24)18-17(16-6-4-5-7-20-16)23-19-25(18)9-13(2)27-19/h4-8,10-11,13,17-18H,9H2,1-3H3/t13-,17-,18-/m1/s1. The summed E-state index contributed by atoms with van der Waals surface area (Å²) in [5.74, 6) is 0. The van der Waals surface area contributed by atoms with Crippen LogP contribution in [0.3, 0.4) is 0 Å². The maximum Gasteiger partial charge on any atom is 0.160 e. The summed E-state index contributed by atoms with van der Waals surface area (Å²) < 4.78 is 4.07. The first-order valence-corrected chi connectivity index (χ1v) is 9.97. The Labute approximate surface area is 162 Å². The number of pyridine rings is 1. The van der Waals surface area contributed by atoms with Gasteiger partial charge in [0.1, 0.15) is 18.7 Å². The van der Waals surface area contributed by atoms with Gasteiger partial charge >= 0.3 is 0 Å². The average Bonchev–Trinajstić information content (AvgIpc) is 3.40. The van der Waals surface area contributed by atoms with Gasteiger partial charge in [-0.25, -0.2) is 4.68 Å². The minimum absolute atomic E-state index is 0.0102. The van der Waals surface area contributed by atoms with Gasteiger partial charge in [0.2, 0.25) is 0 Å². The predicted octanol–water partition coefficient (Wildman–Crippen LogP) is 2.99. The maximum atomic E-state index is 5.07. The van der Waals surface area contributed by atoms with E-state index in [1.807, 2.05) is 34.8 Å². The smallest absolute Gasteiger partial charge is 0.160 e. The summed E-state index contributed by atoms with van der Waals surface area (Å²) in [5, 5.41) is 9.61. The summed E-state index contributed by atoms with van der Waals surface area (Å²) in [6.45, 7) is 7.54. The molecule has 1 fully saturated rings. The Bertz CT molecular complexity index is 993. The van der Waals surface area contributed by atoms with Gasteiger partial charge in [-0.1, -0.05) is 24.8 Å². The van der Waals surface area contributed by atoms with Crippen LogP contribution in [0.4, 0.5) is 0 Å². The van der Waals surface area contributed by atoms with Crippen molar-refractivity contribution in [3.8, 4) is 0 Å². The number of amidine groups is 1. The van der Waals surface area contributed by atoms with Gasteiger partial charge in [0, 0.05) is 34.9 Å². The third-order valence-electron chi connectivity index (χ3n) is 5.27. The molecule has 5 heterocycles. The molecule has 0 unspecified atom stereocenters. The van der Waals surface area contributed by atoms with Crippen LogP contribution in [0.5, 0.6) is 0 Å². The van der Waals surface area contributed by atoms with Crippen LogP contribution >= 0.6 is 11.8 Å². The largest absolute Gasteiger partial charge is 0.341 e. The van der Waals surface area contributed by atoms with Crippen molar-refractivity contribution < 1.29 is 0 Å². The third kappa shape index (κ3) is 2.58. The van der Waals surface area contributed by atoms with E-state index in [1.54, 1.807) is 12.7 Å². The zero-order valence-corrected chi connectivity index (χ0v) is 16.3. The lowest BCUT2D eigenvalue weighted by molar-refractivity contribution is 0.319. The number of fused-ring (bicyclic) bond motifs is 1. The Balaban J connectivity index is 1.63. The average molecular weight is 379 g/mol. The topological polar surface area (TPSA) is 64.1 Å². The van der Waals surface area contributed by atoms with E-state index in [1.165, 1.54) is 11.3 Å². The molecule has 138 valence electrons. The molecule has 0 N–H and O–H groups in total. The normalized spacial score (nSPS) is 24.3. The van der Waals surface area contributed by atoms with E-state index in [-0.39, 0.29) is 12.1 Å². The molecule has 2 aliphatic rings. The van der Waals surface area contributed by atoms with E-state index in [0.717, 1.165) is 23.1 Å². The van der Waals surface area contributed by atoms with Crippen molar-refractivity contribution in [3.05, 3.63) is 65.8 Å². The lowest BCUT2D eigenvalue weighted by atomic mass is 9.96. The van der Waals surface area contributed by atoms with Crippen LogP contribution in [-0.2, 0) is 0 Å². The van der Waals surface area contributed by atoms with Gasteiger partial charge in [-0.15, -0.1) is 10.2 Å². The highest BCUT2D eigenvalue weighted by Gasteiger charge is 2.44. The number of aliphatic imine (C=N–C) groups is 1. The second-order valence-electron chi connectivity index (χ2n) is 7.12. The van der Waals surface area contributed by atoms with Crippen molar-refractivity contribution in [2.45, 2.75) is 38.1 Å². The highest BCUT2D eigenvalue weighted by atomic mass is 32.2. The predicted molar refractivity (Wildman–Crippen MR) is 106 cm³/mol. The lowest BCUT2D eigenvalue weighted by Gasteiger charge is -2.27. The Hall–Kier alpha value is -2.61. The van der Waals surface area contributed by atoms with Crippen LogP contribution in [0.15, 0.2) is 48.1 Å². The summed E-state index contributed by atoms with van der Waals surface area (Å²) in [5.41, 5.74) is 4.63. The zero-order chi connectivity index (χ0) is 18.5. The van der Waals surface area contributed by atoms with E-state index in [4.69, 9.17) is 4.99 Å². The Morgan fingerprint density at radius 2 is 1.96 bits per heavy atom. The summed E-state index contributed by atoms with van der Waals surface area (Å²) in [4.78, 5) is 12.1. The quantitative estimate of drug-likeness (QED) is 0.700. The van der Waals surface area contributed by atoms with Gasteiger partial charge in [0.05, 0.1) is 11.7 Å². The molecule has 0 spiro atoms. The van der Waals surface area contributed by atoms with Crippen LogP contribution in [-0.4, -0.2) is 46.4 Å². The fourth-order valence-corrected chi connectivity index (χ4v) is 5.28. The van der Waals surface area contributed by atoms with Gasteiger partial charge in [-0.2, -0.15) is 0 Å². The number of aromatic nitrogens is 5. The number of nitrogens with zero attached hydrogens (tertiary/aromatic N) is 7. The Kier molecular flexibility index (Phi) is 3.82. The molecule has 3 atom stereocenters. The van der Waals surface area contributed by atoms with Crippen LogP contribution < -0.4 is 0 Å². The van der Waals surface area contributed by atoms with Crippen molar-refractivity contribution >= 4 is 16.9 Å². The maximum absolute atomic E-state index is 5.07. The molecule has 1 saturated heterocycles. The number of rotatable bonds is 3. The monoisotopic (exact) mass is 379 g/mol. The lowest BCUT2D eigenvalue weighted by Crippen LogP contribution is -2.29. The summed E-state index contributed by atoms with van der Waals surface area (Å²) in [6.07, 6.45) is 5.31. The van der Waals surface area contributed by atoms with E-state index >= 15 is 0 Å². The van der Waals surface area contributed by atoms with Gasteiger partial charge < -0.3 is 4.90 Å². The van der Waals surface area contributed by atoms with Crippen molar-refractivity contribution in [1.29, 1.82) is 0 Å². The third-order valence-corrected chi connectivity index (χ3v) is 6.37. The SMILES string of the molecule is Cc1cc([C@@H]2[C@@H](c3ccccn3)N=C3S[C@H](C)CN32)c(C)n1-n1cnnc1. The molecule has 7 nitrogen and oxygen atoms in total. The van der Waals surface area contributed by atoms with Crippen LogP contribution in [0, 0.1) is 13.8 Å². The zero-order valence-electron chi connectivity index (χ0n) is 15.5. The fraction of sp³-hybridized carbons (Fsp3) is 0.368. The second-order valence-corrected chi connectivity index (χ2v) is 8.52. The fourth-order valence-electron chi connectivity index (χ4n) is 4.18. The molecule has 0 aliphatic carbocycles. The van der Waals surface area contributed by atoms with Crippen LogP contribution in [0.2, 0.25) is 0 Å². The Morgan fingerprint density at radius 1 is 1.15 bits per heavy atom. The summed E-state index contributed by atoms with van der Waals surface area (Å²) in [6, 6.07) is 8.51. The first-order valence-electron chi connectivity index (χ1n) is 9.09. The second kappa shape index (κ2) is 6.23. The number of hydrogen-bond donors (Lipinski definition) is 0. The van der Waals surface area contributed by atoms with Gasteiger partial charge in [0.15, 0.2) is 5.17 Å². The first-order chi connectivity index (χ1) is 13.1. The molecular formula is C19H21N7S. The molecule has 0 bridgehead atoms. The van der Waals surface area contributed by atoms with E-state index in [0.29, 0.717) is 5.25 Å². The Morgan fingerprint density at radius 3 is 2.70 bits per heavy atom. The van der Waals surface area contributed by atoms with Crippen molar-refractivity contribution in [1.82, 2.24) is 29.4 Å². The molecule has 5 rings (SSSR count). The molecule has 0 saturated carbocycles. The molecule has 8 heteroatoms. The molecule has 3 aromatic rings. The van der Waals surface area contributed by atoms with E-state index < -0.39 is 0 Å².